The van der Waals surface area contributed by atoms with Gasteiger partial charge in [-0.25, -0.2) is 0 Å². The summed E-state index contributed by atoms with van der Waals surface area (Å²) in [6, 6.07) is 11.4. The van der Waals surface area contributed by atoms with Gasteiger partial charge >= 0.3 is 0 Å². The van der Waals surface area contributed by atoms with E-state index in [1.54, 1.807) is 0 Å². The third-order valence-electron chi connectivity index (χ3n) is 3.55. The van der Waals surface area contributed by atoms with Gasteiger partial charge in [0.25, 0.3) is 0 Å². The van der Waals surface area contributed by atoms with Gasteiger partial charge in [-0.15, -0.1) is 0 Å². The standard InChI is InChI=1S/C17H30N2/c1-5-17(13-18-12-15(3)4)19(6-2)14-16-10-8-7-9-11-16/h7-11,15,17-18H,5-6,12-14H2,1-4H3. The van der Waals surface area contributed by atoms with Crippen LogP contribution in [0.15, 0.2) is 30.3 Å². The van der Waals surface area contributed by atoms with Crippen molar-refractivity contribution in [2.24, 2.45) is 5.92 Å². The zero-order valence-corrected chi connectivity index (χ0v) is 13.0. The van der Waals surface area contributed by atoms with Crippen LogP contribution in [-0.2, 0) is 6.54 Å². The molecule has 0 radical (unpaired) electrons. The highest BCUT2D eigenvalue weighted by Gasteiger charge is 2.15. The SMILES string of the molecule is CCC(CNCC(C)C)N(CC)Cc1ccccc1. The molecule has 0 aromatic heterocycles. The minimum atomic E-state index is 0.629. The molecular weight excluding hydrogens is 232 g/mol. The number of likely N-dealkylation sites (N-methyl/N-ethyl adjacent to an activating group) is 1. The van der Waals surface area contributed by atoms with Crippen LogP contribution in [-0.4, -0.2) is 30.6 Å². The van der Waals surface area contributed by atoms with Crippen molar-refractivity contribution in [3.63, 3.8) is 0 Å². The summed E-state index contributed by atoms with van der Waals surface area (Å²) in [5, 5.41) is 3.59. The first-order valence-electron chi connectivity index (χ1n) is 7.66. The molecule has 0 fully saturated rings. The van der Waals surface area contributed by atoms with Gasteiger partial charge < -0.3 is 5.32 Å². The Kier molecular flexibility index (Phi) is 7.76. The lowest BCUT2D eigenvalue weighted by Crippen LogP contribution is -2.42. The van der Waals surface area contributed by atoms with Crippen molar-refractivity contribution in [2.75, 3.05) is 19.6 Å². The Morgan fingerprint density at radius 2 is 1.74 bits per heavy atom. The highest BCUT2D eigenvalue weighted by Crippen LogP contribution is 2.10. The summed E-state index contributed by atoms with van der Waals surface area (Å²) in [7, 11) is 0. The molecule has 2 heteroatoms. The number of hydrogen-bond acceptors (Lipinski definition) is 2. The van der Waals surface area contributed by atoms with Gasteiger partial charge in [0.05, 0.1) is 0 Å². The molecule has 1 aromatic carbocycles. The third-order valence-corrected chi connectivity index (χ3v) is 3.55. The lowest BCUT2D eigenvalue weighted by Gasteiger charge is -2.30. The van der Waals surface area contributed by atoms with E-state index in [1.807, 2.05) is 0 Å². The van der Waals surface area contributed by atoms with Gasteiger partial charge in [0.2, 0.25) is 0 Å². The maximum absolute atomic E-state index is 3.59. The third kappa shape index (κ3) is 6.22. The second kappa shape index (κ2) is 9.11. The average molecular weight is 262 g/mol. The zero-order chi connectivity index (χ0) is 14.1. The van der Waals surface area contributed by atoms with Crippen LogP contribution < -0.4 is 5.32 Å². The summed E-state index contributed by atoms with van der Waals surface area (Å²) in [6.45, 7) is 13.4. The number of benzene rings is 1. The van der Waals surface area contributed by atoms with E-state index in [0.29, 0.717) is 6.04 Å². The lowest BCUT2D eigenvalue weighted by atomic mass is 10.1. The largest absolute Gasteiger partial charge is 0.315 e. The van der Waals surface area contributed by atoms with Gasteiger partial charge in [-0.05, 0) is 31.0 Å². The molecule has 1 atom stereocenters. The number of nitrogens with one attached hydrogen (secondary N) is 1. The van der Waals surface area contributed by atoms with E-state index >= 15 is 0 Å². The molecule has 1 N–H and O–H groups in total. The first-order valence-corrected chi connectivity index (χ1v) is 7.66. The highest BCUT2D eigenvalue weighted by atomic mass is 15.2. The monoisotopic (exact) mass is 262 g/mol. The average Bonchev–Trinajstić information content (AvgIpc) is 2.42. The van der Waals surface area contributed by atoms with Gasteiger partial charge in [0, 0.05) is 19.1 Å². The molecule has 1 aromatic rings. The van der Waals surface area contributed by atoms with Crippen molar-refractivity contribution in [3.05, 3.63) is 35.9 Å². The molecule has 0 aliphatic rings. The summed E-state index contributed by atoms with van der Waals surface area (Å²) in [5.74, 6) is 0.724. The van der Waals surface area contributed by atoms with Crippen LogP contribution in [0.2, 0.25) is 0 Å². The fourth-order valence-corrected chi connectivity index (χ4v) is 2.39. The van der Waals surface area contributed by atoms with Crippen molar-refractivity contribution in [3.8, 4) is 0 Å². The smallest absolute Gasteiger partial charge is 0.0237 e. The maximum Gasteiger partial charge on any atom is 0.0237 e. The molecule has 0 bridgehead atoms. The molecule has 0 saturated heterocycles. The van der Waals surface area contributed by atoms with E-state index in [9.17, 15) is 0 Å². The van der Waals surface area contributed by atoms with Gasteiger partial charge in [0.1, 0.15) is 0 Å². The second-order valence-electron chi connectivity index (χ2n) is 5.66. The topological polar surface area (TPSA) is 15.3 Å². The fourth-order valence-electron chi connectivity index (χ4n) is 2.39. The molecule has 2 nitrogen and oxygen atoms in total. The van der Waals surface area contributed by atoms with Crippen LogP contribution >= 0.6 is 0 Å². The Hall–Kier alpha value is -0.860. The molecule has 0 saturated carbocycles. The summed E-state index contributed by atoms with van der Waals surface area (Å²) < 4.78 is 0. The molecule has 0 amide bonds. The molecule has 108 valence electrons. The Labute approximate surface area is 119 Å². The van der Waals surface area contributed by atoms with Gasteiger partial charge in [0.15, 0.2) is 0 Å². The van der Waals surface area contributed by atoms with Crippen LogP contribution in [0.3, 0.4) is 0 Å². The van der Waals surface area contributed by atoms with Crippen molar-refractivity contribution < 1.29 is 0 Å². The first kappa shape index (κ1) is 16.2. The molecule has 0 aliphatic heterocycles. The summed E-state index contributed by atoms with van der Waals surface area (Å²) in [6.07, 6.45) is 1.20. The van der Waals surface area contributed by atoms with E-state index in [2.05, 4.69) is 68.2 Å². The Morgan fingerprint density at radius 3 is 2.26 bits per heavy atom. The molecule has 1 rings (SSSR count). The highest BCUT2D eigenvalue weighted by molar-refractivity contribution is 5.14. The van der Waals surface area contributed by atoms with Crippen molar-refractivity contribution in [2.45, 2.75) is 46.7 Å². The van der Waals surface area contributed by atoms with Crippen LogP contribution in [0.25, 0.3) is 0 Å². The van der Waals surface area contributed by atoms with Crippen molar-refractivity contribution in [1.82, 2.24) is 10.2 Å². The van der Waals surface area contributed by atoms with E-state index in [4.69, 9.17) is 0 Å². The van der Waals surface area contributed by atoms with Gasteiger partial charge in [-0.1, -0.05) is 58.0 Å². The zero-order valence-electron chi connectivity index (χ0n) is 13.0. The van der Waals surface area contributed by atoms with Crippen molar-refractivity contribution >= 4 is 0 Å². The molecule has 0 aliphatic carbocycles. The van der Waals surface area contributed by atoms with Gasteiger partial charge in [-0.2, -0.15) is 0 Å². The summed E-state index contributed by atoms with van der Waals surface area (Å²) >= 11 is 0. The lowest BCUT2D eigenvalue weighted by molar-refractivity contribution is 0.186. The maximum atomic E-state index is 3.59. The van der Waals surface area contributed by atoms with Gasteiger partial charge in [-0.3, -0.25) is 4.90 Å². The number of nitrogens with zero attached hydrogens (tertiary/aromatic N) is 1. The predicted molar refractivity (Wildman–Crippen MR) is 84.3 cm³/mol. The number of rotatable bonds is 9. The minimum Gasteiger partial charge on any atom is -0.315 e. The van der Waals surface area contributed by atoms with E-state index in [0.717, 1.165) is 32.1 Å². The second-order valence-corrected chi connectivity index (χ2v) is 5.66. The molecule has 0 heterocycles. The minimum absolute atomic E-state index is 0.629. The summed E-state index contributed by atoms with van der Waals surface area (Å²) in [5.41, 5.74) is 1.41. The van der Waals surface area contributed by atoms with E-state index in [-0.39, 0.29) is 0 Å². The molecule has 1 unspecified atom stereocenters. The first-order chi connectivity index (χ1) is 9.17. The summed E-state index contributed by atoms with van der Waals surface area (Å²) in [4.78, 5) is 2.57. The Bertz CT molecular complexity index is 321. The Morgan fingerprint density at radius 1 is 1.05 bits per heavy atom. The molecule has 19 heavy (non-hydrogen) atoms. The quantitative estimate of drug-likeness (QED) is 0.732. The van der Waals surface area contributed by atoms with Crippen LogP contribution in [0.5, 0.6) is 0 Å². The predicted octanol–water partition coefficient (Wildman–Crippen LogP) is 3.53. The number of hydrogen-bond donors (Lipinski definition) is 1. The molecular formula is C17H30N2. The van der Waals surface area contributed by atoms with E-state index < -0.39 is 0 Å². The van der Waals surface area contributed by atoms with E-state index in [1.165, 1.54) is 12.0 Å². The van der Waals surface area contributed by atoms with Crippen LogP contribution in [0.4, 0.5) is 0 Å². The Balaban J connectivity index is 2.50. The van der Waals surface area contributed by atoms with Crippen LogP contribution in [0.1, 0.15) is 39.7 Å². The van der Waals surface area contributed by atoms with Crippen LogP contribution in [0, 0.1) is 5.92 Å². The normalized spacial score (nSPS) is 13.2. The molecule has 0 spiro atoms. The van der Waals surface area contributed by atoms with Crippen molar-refractivity contribution in [1.29, 1.82) is 0 Å². The fraction of sp³-hybridized carbons (Fsp3) is 0.647.